The molecule has 4 heteroatoms. The van der Waals surface area contributed by atoms with Crippen LogP contribution in [-0.2, 0) is 0 Å². The van der Waals surface area contributed by atoms with E-state index < -0.39 is 0 Å². The van der Waals surface area contributed by atoms with Gasteiger partial charge in [0.15, 0.2) is 0 Å². The summed E-state index contributed by atoms with van der Waals surface area (Å²) in [6.45, 7) is 4.42. The topological polar surface area (TPSA) is 50.9 Å². The van der Waals surface area contributed by atoms with Gasteiger partial charge < -0.3 is 11.1 Å². The van der Waals surface area contributed by atoms with Gasteiger partial charge in [-0.3, -0.25) is 0 Å². The van der Waals surface area contributed by atoms with Crippen molar-refractivity contribution in [1.82, 2.24) is 4.98 Å². The molecular formula is C14H23N3S. The highest BCUT2D eigenvalue weighted by molar-refractivity contribution is 7.80. The number of thiocarbonyl (C=S) groups is 1. The van der Waals surface area contributed by atoms with Gasteiger partial charge in [0.2, 0.25) is 0 Å². The van der Waals surface area contributed by atoms with E-state index in [2.05, 4.69) is 24.1 Å². The van der Waals surface area contributed by atoms with E-state index in [1.165, 1.54) is 32.1 Å². The van der Waals surface area contributed by atoms with Gasteiger partial charge in [-0.2, -0.15) is 0 Å². The number of nitrogens with one attached hydrogen (secondary N) is 1. The first-order valence-electron chi connectivity index (χ1n) is 6.69. The number of hydrogen-bond acceptors (Lipinski definition) is 3. The van der Waals surface area contributed by atoms with Gasteiger partial charge in [-0.15, -0.1) is 0 Å². The highest BCUT2D eigenvalue weighted by Gasteiger charge is 2.08. The van der Waals surface area contributed by atoms with Crippen LogP contribution in [0.15, 0.2) is 18.3 Å². The van der Waals surface area contributed by atoms with Crippen molar-refractivity contribution in [1.29, 1.82) is 0 Å². The Bertz CT molecular complexity index is 379. The highest BCUT2D eigenvalue weighted by Crippen LogP contribution is 2.14. The summed E-state index contributed by atoms with van der Waals surface area (Å²) in [5.41, 5.74) is 6.50. The number of nitrogens with zero attached hydrogens (tertiary/aromatic N) is 1. The van der Waals surface area contributed by atoms with Gasteiger partial charge in [0.05, 0.1) is 0 Å². The molecule has 0 amide bonds. The van der Waals surface area contributed by atoms with Crippen molar-refractivity contribution < 1.29 is 0 Å². The molecule has 1 heterocycles. The Balaban J connectivity index is 2.67. The minimum absolute atomic E-state index is 0.418. The van der Waals surface area contributed by atoms with Crippen LogP contribution in [0.4, 0.5) is 5.82 Å². The molecule has 0 bridgehead atoms. The van der Waals surface area contributed by atoms with E-state index in [1.54, 1.807) is 6.20 Å². The van der Waals surface area contributed by atoms with Gasteiger partial charge in [0.1, 0.15) is 10.8 Å². The van der Waals surface area contributed by atoms with Crippen molar-refractivity contribution in [3.8, 4) is 0 Å². The number of rotatable bonds is 8. The number of hydrogen-bond donors (Lipinski definition) is 2. The fourth-order valence-electron chi connectivity index (χ4n) is 1.96. The van der Waals surface area contributed by atoms with Gasteiger partial charge >= 0.3 is 0 Å². The van der Waals surface area contributed by atoms with Gasteiger partial charge in [0, 0.05) is 17.8 Å². The van der Waals surface area contributed by atoms with Crippen molar-refractivity contribution in [3.05, 3.63) is 23.9 Å². The minimum Gasteiger partial charge on any atom is -0.389 e. The van der Waals surface area contributed by atoms with E-state index in [9.17, 15) is 0 Å². The smallest absolute Gasteiger partial charge is 0.126 e. The Morgan fingerprint density at radius 1 is 1.39 bits per heavy atom. The number of nitrogens with two attached hydrogens (primary N) is 1. The summed E-state index contributed by atoms with van der Waals surface area (Å²) in [6.07, 6.45) is 7.74. The first-order valence-corrected chi connectivity index (χ1v) is 7.10. The molecule has 3 nitrogen and oxygen atoms in total. The molecule has 0 fully saturated rings. The quantitative estimate of drug-likeness (QED) is 0.706. The van der Waals surface area contributed by atoms with E-state index in [4.69, 9.17) is 18.0 Å². The van der Waals surface area contributed by atoms with Crippen molar-refractivity contribution in [2.24, 2.45) is 5.73 Å². The maximum Gasteiger partial charge on any atom is 0.126 e. The Hall–Kier alpha value is -1.16. The standard InChI is InChI=1S/C14H23N3S/c1-3-5-7-12(6-4-2)17-13-10-11(14(15)18)8-9-16-13/h8-10,12H,3-7H2,1-2H3,(H2,15,18)(H,16,17). The van der Waals surface area contributed by atoms with Gasteiger partial charge in [0.25, 0.3) is 0 Å². The molecule has 0 radical (unpaired) electrons. The summed E-state index contributed by atoms with van der Waals surface area (Å²) < 4.78 is 0. The first-order chi connectivity index (χ1) is 8.67. The van der Waals surface area contributed by atoms with Crippen LogP contribution in [0.1, 0.15) is 51.5 Å². The molecule has 1 rings (SSSR count). The second kappa shape index (κ2) is 8.03. The number of aromatic nitrogens is 1. The van der Waals surface area contributed by atoms with Gasteiger partial charge in [-0.1, -0.05) is 45.3 Å². The van der Waals surface area contributed by atoms with E-state index in [-0.39, 0.29) is 0 Å². The van der Waals surface area contributed by atoms with Crippen LogP contribution >= 0.6 is 12.2 Å². The lowest BCUT2D eigenvalue weighted by Crippen LogP contribution is -2.20. The zero-order valence-electron chi connectivity index (χ0n) is 11.3. The van der Waals surface area contributed by atoms with Crippen LogP contribution in [0.3, 0.4) is 0 Å². The third-order valence-electron chi connectivity index (χ3n) is 2.94. The predicted octanol–water partition coefficient (Wildman–Crippen LogP) is 3.49. The molecule has 1 aromatic rings. The Morgan fingerprint density at radius 3 is 2.78 bits per heavy atom. The molecule has 3 N–H and O–H groups in total. The van der Waals surface area contributed by atoms with Crippen LogP contribution in [0.5, 0.6) is 0 Å². The monoisotopic (exact) mass is 265 g/mol. The minimum atomic E-state index is 0.418. The third kappa shape index (κ3) is 5.00. The van der Waals surface area contributed by atoms with Crippen LogP contribution in [0, 0.1) is 0 Å². The highest BCUT2D eigenvalue weighted by atomic mass is 32.1. The molecule has 0 aromatic carbocycles. The molecule has 1 aromatic heterocycles. The number of unbranched alkanes of at least 4 members (excludes halogenated alkanes) is 1. The lowest BCUT2D eigenvalue weighted by Gasteiger charge is -2.18. The molecule has 1 atom stereocenters. The van der Waals surface area contributed by atoms with E-state index in [0.717, 1.165) is 11.4 Å². The molecule has 100 valence electrons. The largest absolute Gasteiger partial charge is 0.389 e. The normalized spacial score (nSPS) is 12.1. The first kappa shape index (κ1) is 14.9. The molecule has 0 aliphatic heterocycles. The lowest BCUT2D eigenvalue weighted by molar-refractivity contribution is 0.563. The Morgan fingerprint density at radius 2 is 2.17 bits per heavy atom. The molecule has 18 heavy (non-hydrogen) atoms. The van der Waals surface area contributed by atoms with Crippen LogP contribution in [0.25, 0.3) is 0 Å². The molecule has 1 unspecified atom stereocenters. The van der Waals surface area contributed by atoms with E-state index in [1.807, 2.05) is 12.1 Å². The predicted molar refractivity (Wildman–Crippen MR) is 82.0 cm³/mol. The van der Waals surface area contributed by atoms with Crippen molar-refractivity contribution in [2.75, 3.05) is 5.32 Å². The maximum atomic E-state index is 5.63. The molecule has 0 aliphatic rings. The molecule has 0 spiro atoms. The van der Waals surface area contributed by atoms with Gasteiger partial charge in [-0.25, -0.2) is 4.98 Å². The second-order valence-corrected chi connectivity index (χ2v) is 5.01. The summed E-state index contributed by atoms with van der Waals surface area (Å²) in [7, 11) is 0. The summed E-state index contributed by atoms with van der Waals surface area (Å²) in [6, 6.07) is 4.26. The molecule has 0 saturated heterocycles. The molecule has 0 aliphatic carbocycles. The fraction of sp³-hybridized carbons (Fsp3) is 0.571. The van der Waals surface area contributed by atoms with Crippen LogP contribution < -0.4 is 11.1 Å². The zero-order valence-corrected chi connectivity index (χ0v) is 12.1. The Kier molecular flexibility index (Phi) is 6.65. The van der Waals surface area contributed by atoms with Crippen molar-refractivity contribution in [2.45, 2.75) is 52.0 Å². The molecule has 0 saturated carbocycles. The number of anilines is 1. The zero-order chi connectivity index (χ0) is 13.4. The Labute approximate surface area is 115 Å². The maximum absolute atomic E-state index is 5.63. The average Bonchev–Trinajstić information content (AvgIpc) is 2.36. The van der Waals surface area contributed by atoms with Crippen LogP contribution in [0.2, 0.25) is 0 Å². The average molecular weight is 265 g/mol. The molecular weight excluding hydrogens is 242 g/mol. The summed E-state index contributed by atoms with van der Waals surface area (Å²) in [5.74, 6) is 0.870. The van der Waals surface area contributed by atoms with E-state index >= 15 is 0 Å². The summed E-state index contributed by atoms with van der Waals surface area (Å²) in [4.78, 5) is 4.74. The van der Waals surface area contributed by atoms with Crippen molar-refractivity contribution in [3.63, 3.8) is 0 Å². The third-order valence-corrected chi connectivity index (χ3v) is 3.18. The van der Waals surface area contributed by atoms with Crippen LogP contribution in [-0.4, -0.2) is 16.0 Å². The van der Waals surface area contributed by atoms with Gasteiger partial charge in [-0.05, 0) is 25.0 Å². The van der Waals surface area contributed by atoms with Crippen molar-refractivity contribution >= 4 is 23.0 Å². The second-order valence-electron chi connectivity index (χ2n) is 4.57. The summed E-state index contributed by atoms with van der Waals surface area (Å²) in [5, 5.41) is 3.48. The number of pyridine rings is 1. The van der Waals surface area contributed by atoms with E-state index in [0.29, 0.717) is 11.0 Å². The fourth-order valence-corrected chi connectivity index (χ4v) is 2.09. The summed E-state index contributed by atoms with van der Waals surface area (Å²) >= 11 is 4.98. The SMILES string of the molecule is CCCCC(CCC)Nc1cc(C(N)=S)ccn1. The lowest BCUT2D eigenvalue weighted by atomic mass is 10.1.